The lowest BCUT2D eigenvalue weighted by Gasteiger charge is -2.15. The van der Waals surface area contributed by atoms with Crippen LogP contribution in [0.1, 0.15) is 28.4 Å². The van der Waals surface area contributed by atoms with Crippen LogP contribution >= 0.6 is 0 Å². The van der Waals surface area contributed by atoms with Crippen molar-refractivity contribution >= 4 is 28.5 Å². The predicted molar refractivity (Wildman–Crippen MR) is 128 cm³/mol. The Morgan fingerprint density at radius 2 is 1.74 bits per heavy atom. The zero-order chi connectivity index (χ0) is 23.8. The van der Waals surface area contributed by atoms with E-state index in [1.165, 1.54) is 36.7 Å². The fourth-order valence-electron chi connectivity index (χ4n) is 4.47. The SMILES string of the molecule is C=CC(=O)N1CC[C@@H](n2cc(-c3ccc(C(=O)c4ccc(F)cc4)cc3)c3c(N)ncnc32)C1. The van der Waals surface area contributed by atoms with Crippen LogP contribution in [0, 0.1) is 5.82 Å². The standard InChI is InChI=1S/C26H22FN5O2/c1-2-22(33)31-12-11-20(13-31)32-14-21(23-25(28)29-15-30-26(23)32)16-3-5-17(6-4-16)24(34)18-7-9-19(27)10-8-18/h2-10,14-15,20H,1,11-13H2,(H2,28,29,30)/t20-/m1/s1. The third kappa shape index (κ3) is 3.73. The Balaban J connectivity index is 1.50. The Kier molecular flexibility index (Phi) is 5.41. The van der Waals surface area contributed by atoms with Crippen molar-refractivity contribution in [2.24, 2.45) is 0 Å². The normalized spacial score (nSPS) is 15.6. The van der Waals surface area contributed by atoms with Crippen molar-refractivity contribution in [1.29, 1.82) is 0 Å². The maximum atomic E-state index is 13.2. The first-order chi connectivity index (χ1) is 16.5. The molecule has 1 amide bonds. The van der Waals surface area contributed by atoms with Crippen molar-refractivity contribution < 1.29 is 14.0 Å². The smallest absolute Gasteiger partial charge is 0.246 e. The highest BCUT2D eigenvalue weighted by molar-refractivity contribution is 6.09. The fraction of sp³-hybridized carbons (Fsp3) is 0.154. The second-order valence-corrected chi connectivity index (χ2v) is 8.25. The van der Waals surface area contributed by atoms with Crippen LogP contribution in [0.15, 0.2) is 73.7 Å². The second kappa shape index (κ2) is 8.55. The van der Waals surface area contributed by atoms with Crippen LogP contribution in [0.4, 0.5) is 10.2 Å². The van der Waals surface area contributed by atoms with Crippen molar-refractivity contribution in [3.63, 3.8) is 0 Å². The summed E-state index contributed by atoms with van der Waals surface area (Å²) in [6.07, 6.45) is 5.54. The van der Waals surface area contributed by atoms with Crippen LogP contribution in [0.2, 0.25) is 0 Å². The molecule has 0 bridgehead atoms. The number of nitrogens with zero attached hydrogens (tertiary/aromatic N) is 4. The van der Waals surface area contributed by atoms with Gasteiger partial charge >= 0.3 is 0 Å². The van der Waals surface area contributed by atoms with Crippen molar-refractivity contribution in [2.75, 3.05) is 18.8 Å². The first kappa shape index (κ1) is 21.5. The zero-order valence-corrected chi connectivity index (χ0v) is 18.3. The summed E-state index contributed by atoms with van der Waals surface area (Å²) in [5, 5.41) is 0.730. The monoisotopic (exact) mass is 455 g/mol. The maximum absolute atomic E-state index is 13.2. The van der Waals surface area contributed by atoms with Gasteiger partial charge in [0.15, 0.2) is 5.78 Å². The highest BCUT2D eigenvalue weighted by atomic mass is 19.1. The quantitative estimate of drug-likeness (QED) is 0.363. The van der Waals surface area contributed by atoms with E-state index in [1.54, 1.807) is 17.0 Å². The number of nitrogens with two attached hydrogens (primary N) is 1. The number of amides is 1. The molecule has 0 saturated carbocycles. The van der Waals surface area contributed by atoms with E-state index in [0.717, 1.165) is 22.9 Å². The second-order valence-electron chi connectivity index (χ2n) is 8.25. The van der Waals surface area contributed by atoms with Crippen LogP contribution in [0.25, 0.3) is 22.2 Å². The van der Waals surface area contributed by atoms with Crippen molar-refractivity contribution in [2.45, 2.75) is 12.5 Å². The number of ketones is 1. The molecule has 0 radical (unpaired) electrons. The lowest BCUT2D eigenvalue weighted by Crippen LogP contribution is -2.27. The van der Waals surface area contributed by atoms with E-state index in [1.807, 2.05) is 18.3 Å². The van der Waals surface area contributed by atoms with Gasteiger partial charge in [-0.1, -0.05) is 30.8 Å². The lowest BCUT2D eigenvalue weighted by molar-refractivity contribution is -0.125. The average molecular weight is 455 g/mol. The fourth-order valence-corrected chi connectivity index (χ4v) is 4.47. The molecular formula is C26H22FN5O2. The number of likely N-dealkylation sites (tertiary alicyclic amines) is 1. The lowest BCUT2D eigenvalue weighted by atomic mass is 9.99. The molecule has 2 aromatic heterocycles. The third-order valence-corrected chi connectivity index (χ3v) is 6.25. The van der Waals surface area contributed by atoms with Crippen molar-refractivity contribution in [3.8, 4) is 11.1 Å². The molecule has 1 aliphatic heterocycles. The molecule has 170 valence electrons. The number of aromatic nitrogens is 3. The molecule has 34 heavy (non-hydrogen) atoms. The number of carbonyl (C=O) groups excluding carboxylic acids is 2. The van der Waals surface area contributed by atoms with Crippen LogP contribution in [0.5, 0.6) is 0 Å². The number of hydrogen-bond acceptors (Lipinski definition) is 5. The van der Waals surface area contributed by atoms with Gasteiger partial charge < -0.3 is 15.2 Å². The average Bonchev–Trinajstić information content (AvgIpc) is 3.50. The summed E-state index contributed by atoms with van der Waals surface area (Å²) in [5.41, 5.74) is 9.57. The van der Waals surface area contributed by atoms with Gasteiger partial charge in [-0.15, -0.1) is 0 Å². The number of nitrogen functional groups attached to an aromatic ring is 1. The van der Waals surface area contributed by atoms with Crippen LogP contribution in [-0.4, -0.2) is 44.2 Å². The Hall–Kier alpha value is -4.33. The summed E-state index contributed by atoms with van der Waals surface area (Å²) in [7, 11) is 0. The van der Waals surface area contributed by atoms with Gasteiger partial charge in [0.25, 0.3) is 0 Å². The van der Waals surface area contributed by atoms with E-state index in [0.29, 0.717) is 35.7 Å². The molecular weight excluding hydrogens is 433 g/mol. The molecule has 0 unspecified atom stereocenters. The molecule has 1 fully saturated rings. The van der Waals surface area contributed by atoms with Gasteiger partial charge in [-0.3, -0.25) is 9.59 Å². The number of carbonyl (C=O) groups is 2. The van der Waals surface area contributed by atoms with Crippen LogP contribution < -0.4 is 5.73 Å². The van der Waals surface area contributed by atoms with Gasteiger partial charge in [-0.2, -0.15) is 0 Å². The summed E-state index contributed by atoms with van der Waals surface area (Å²) in [5.74, 6) is -0.297. The molecule has 5 rings (SSSR count). The van der Waals surface area contributed by atoms with Gasteiger partial charge in [0.1, 0.15) is 23.6 Å². The van der Waals surface area contributed by atoms with Gasteiger partial charge in [0.2, 0.25) is 5.91 Å². The summed E-state index contributed by atoms with van der Waals surface area (Å²) >= 11 is 0. The topological polar surface area (TPSA) is 94.1 Å². The molecule has 3 heterocycles. The number of hydrogen-bond donors (Lipinski definition) is 1. The minimum absolute atomic E-state index is 0.0498. The van der Waals surface area contributed by atoms with Gasteiger partial charge in [0, 0.05) is 36.0 Å². The molecule has 1 aliphatic rings. The number of halogens is 1. The number of rotatable bonds is 5. The number of benzene rings is 2. The molecule has 8 heteroatoms. The van der Waals surface area contributed by atoms with E-state index in [4.69, 9.17) is 5.73 Å². The van der Waals surface area contributed by atoms with Gasteiger partial charge in [0.05, 0.1) is 11.4 Å². The number of anilines is 1. The largest absolute Gasteiger partial charge is 0.383 e. The van der Waals surface area contributed by atoms with E-state index < -0.39 is 0 Å². The zero-order valence-electron chi connectivity index (χ0n) is 18.3. The molecule has 4 aromatic rings. The highest BCUT2D eigenvalue weighted by Gasteiger charge is 2.28. The Morgan fingerprint density at radius 3 is 2.41 bits per heavy atom. The maximum Gasteiger partial charge on any atom is 0.246 e. The minimum Gasteiger partial charge on any atom is -0.383 e. The van der Waals surface area contributed by atoms with Crippen molar-refractivity contribution in [3.05, 3.63) is 90.7 Å². The van der Waals surface area contributed by atoms with Gasteiger partial charge in [-0.05, 0) is 42.3 Å². The summed E-state index contributed by atoms with van der Waals surface area (Å²) in [6.45, 7) is 4.78. The predicted octanol–water partition coefficient (Wildman–Crippen LogP) is 4.01. The first-order valence-corrected chi connectivity index (χ1v) is 10.9. The first-order valence-electron chi connectivity index (χ1n) is 10.9. The highest BCUT2D eigenvalue weighted by Crippen LogP contribution is 2.36. The Morgan fingerprint density at radius 1 is 1.06 bits per heavy atom. The Labute approximate surface area is 195 Å². The van der Waals surface area contributed by atoms with E-state index in [-0.39, 0.29) is 23.5 Å². The van der Waals surface area contributed by atoms with Gasteiger partial charge in [-0.25, -0.2) is 14.4 Å². The molecule has 0 aliphatic carbocycles. The third-order valence-electron chi connectivity index (χ3n) is 6.25. The number of fused-ring (bicyclic) bond motifs is 1. The van der Waals surface area contributed by atoms with E-state index in [9.17, 15) is 14.0 Å². The summed E-state index contributed by atoms with van der Waals surface area (Å²) in [4.78, 5) is 35.2. The molecule has 7 nitrogen and oxygen atoms in total. The molecule has 0 spiro atoms. The van der Waals surface area contributed by atoms with Crippen LogP contribution in [-0.2, 0) is 4.79 Å². The Bertz CT molecular complexity index is 1410. The summed E-state index contributed by atoms with van der Waals surface area (Å²) < 4.78 is 15.2. The van der Waals surface area contributed by atoms with Crippen LogP contribution in [0.3, 0.4) is 0 Å². The molecule has 1 saturated heterocycles. The molecule has 2 aromatic carbocycles. The van der Waals surface area contributed by atoms with Crippen molar-refractivity contribution in [1.82, 2.24) is 19.4 Å². The molecule has 2 N–H and O–H groups in total. The molecule has 1 atom stereocenters. The minimum atomic E-state index is -0.387. The summed E-state index contributed by atoms with van der Waals surface area (Å²) in [6, 6.07) is 12.7. The van der Waals surface area contributed by atoms with E-state index >= 15 is 0 Å². The van der Waals surface area contributed by atoms with E-state index in [2.05, 4.69) is 21.1 Å².